The molecule has 0 aromatic carbocycles. The van der Waals surface area contributed by atoms with Crippen molar-refractivity contribution < 1.29 is 22.4 Å². The smallest absolute Gasteiger partial charge is 0.332 e. The minimum atomic E-state index is -4.51. The van der Waals surface area contributed by atoms with Crippen molar-refractivity contribution in [3.63, 3.8) is 0 Å². The van der Waals surface area contributed by atoms with Crippen LogP contribution in [0, 0.1) is 5.95 Å². The monoisotopic (exact) mass is 236 g/mol. The molecule has 0 saturated carbocycles. The summed E-state index contributed by atoms with van der Waals surface area (Å²) in [6.07, 6.45) is -3.40. The molecule has 0 spiro atoms. The van der Waals surface area contributed by atoms with Gasteiger partial charge >= 0.3 is 6.18 Å². The summed E-state index contributed by atoms with van der Waals surface area (Å²) in [6, 6.07) is 2.36. The van der Waals surface area contributed by atoms with Crippen molar-refractivity contribution in [2.24, 2.45) is 0 Å². The zero-order chi connectivity index (χ0) is 12.3. The van der Waals surface area contributed by atoms with E-state index in [1.807, 2.05) is 0 Å². The lowest BCUT2D eigenvalue weighted by atomic mass is 10.2. The molecule has 3 nitrogen and oxygen atoms in total. The number of nitrogens with zero attached hydrogens (tertiary/aromatic N) is 2. The average Bonchev–Trinajstić information content (AvgIpc) is 2.15. The second-order valence-corrected chi connectivity index (χ2v) is 3.12. The van der Waals surface area contributed by atoms with Crippen molar-refractivity contribution in [1.82, 2.24) is 9.88 Å². The third-order valence-corrected chi connectivity index (χ3v) is 1.75. The zero-order valence-corrected chi connectivity index (χ0v) is 8.25. The summed E-state index contributed by atoms with van der Waals surface area (Å²) in [7, 11) is 0.947. The summed E-state index contributed by atoms with van der Waals surface area (Å²) in [5.74, 6) is -2.13. The molecule has 0 atom stereocenters. The van der Waals surface area contributed by atoms with Gasteiger partial charge in [-0.3, -0.25) is 4.79 Å². The van der Waals surface area contributed by atoms with Gasteiger partial charge in [-0.05, 0) is 12.1 Å². The number of aromatic nitrogens is 1. The van der Waals surface area contributed by atoms with Crippen LogP contribution in [0.3, 0.4) is 0 Å². The van der Waals surface area contributed by atoms with Crippen molar-refractivity contribution in [2.45, 2.75) is 6.18 Å². The minimum Gasteiger partial charge on any atom is -0.332 e. The molecule has 0 aliphatic rings. The number of carbonyl (C=O) groups is 1. The fourth-order valence-electron chi connectivity index (χ4n) is 1.09. The number of amides is 1. The van der Waals surface area contributed by atoms with Crippen LogP contribution in [-0.4, -0.2) is 35.6 Å². The van der Waals surface area contributed by atoms with E-state index in [1.54, 1.807) is 0 Å². The van der Waals surface area contributed by atoms with E-state index in [9.17, 15) is 22.4 Å². The van der Waals surface area contributed by atoms with Gasteiger partial charge in [0, 0.05) is 13.2 Å². The lowest BCUT2D eigenvalue weighted by Gasteiger charge is -2.18. The number of pyridine rings is 1. The van der Waals surface area contributed by atoms with Crippen molar-refractivity contribution in [3.05, 3.63) is 29.8 Å². The summed E-state index contributed by atoms with van der Waals surface area (Å²) in [6.45, 7) is -1.43. The molecule has 0 unspecified atom stereocenters. The Morgan fingerprint density at radius 1 is 1.50 bits per heavy atom. The van der Waals surface area contributed by atoms with E-state index >= 15 is 0 Å². The predicted molar refractivity (Wildman–Crippen MR) is 47.2 cm³/mol. The Balaban J connectivity index is 2.83. The second kappa shape index (κ2) is 4.46. The highest BCUT2D eigenvalue weighted by atomic mass is 19.4. The van der Waals surface area contributed by atoms with E-state index in [0.717, 1.165) is 19.3 Å². The van der Waals surface area contributed by atoms with Crippen LogP contribution in [0.25, 0.3) is 0 Å². The quantitative estimate of drug-likeness (QED) is 0.580. The number of hydrogen-bond donors (Lipinski definition) is 0. The van der Waals surface area contributed by atoms with E-state index in [0.29, 0.717) is 4.90 Å². The standard InChI is InChI=1S/C9H8F4N2O/c1-15(5-9(11,12)13)8(16)6-3-2-4-14-7(6)10/h2-4H,5H2,1H3. The first kappa shape index (κ1) is 12.4. The molecule has 0 N–H and O–H groups in total. The molecule has 0 saturated heterocycles. The van der Waals surface area contributed by atoms with Gasteiger partial charge in [-0.25, -0.2) is 4.98 Å². The van der Waals surface area contributed by atoms with Crippen LogP contribution in [0.4, 0.5) is 17.6 Å². The maximum absolute atomic E-state index is 13.0. The lowest BCUT2D eigenvalue weighted by molar-refractivity contribution is -0.138. The van der Waals surface area contributed by atoms with Crippen molar-refractivity contribution in [1.29, 1.82) is 0 Å². The molecule has 0 bridgehead atoms. The fourth-order valence-corrected chi connectivity index (χ4v) is 1.09. The van der Waals surface area contributed by atoms with Crippen LogP contribution in [-0.2, 0) is 0 Å². The highest BCUT2D eigenvalue weighted by Crippen LogP contribution is 2.17. The number of rotatable bonds is 2. The molecule has 88 valence electrons. The fraction of sp³-hybridized carbons (Fsp3) is 0.333. The van der Waals surface area contributed by atoms with Gasteiger partial charge in [0.05, 0.1) is 5.56 Å². The van der Waals surface area contributed by atoms with E-state index in [1.165, 1.54) is 6.07 Å². The third kappa shape index (κ3) is 3.18. The van der Waals surface area contributed by atoms with Crippen LogP contribution < -0.4 is 0 Å². The molecule has 1 heterocycles. The molecular formula is C9H8F4N2O. The molecule has 16 heavy (non-hydrogen) atoms. The normalized spacial score (nSPS) is 11.3. The Morgan fingerprint density at radius 2 is 2.12 bits per heavy atom. The number of carbonyl (C=O) groups excluding carboxylic acids is 1. The first-order valence-corrected chi connectivity index (χ1v) is 4.24. The average molecular weight is 236 g/mol. The Labute approximate surface area is 88.7 Å². The number of hydrogen-bond acceptors (Lipinski definition) is 2. The van der Waals surface area contributed by atoms with Gasteiger partial charge in [-0.2, -0.15) is 17.6 Å². The van der Waals surface area contributed by atoms with E-state index < -0.39 is 30.1 Å². The predicted octanol–water partition coefficient (Wildman–Crippen LogP) is 1.85. The van der Waals surface area contributed by atoms with Crippen molar-refractivity contribution >= 4 is 5.91 Å². The van der Waals surface area contributed by atoms with Crippen LogP contribution in [0.2, 0.25) is 0 Å². The lowest BCUT2D eigenvalue weighted by Crippen LogP contribution is -2.36. The first-order chi connectivity index (χ1) is 7.31. The van der Waals surface area contributed by atoms with E-state index in [4.69, 9.17) is 0 Å². The molecule has 0 aliphatic carbocycles. The molecule has 1 amide bonds. The molecule has 1 aromatic heterocycles. The third-order valence-electron chi connectivity index (χ3n) is 1.75. The summed E-state index contributed by atoms with van der Waals surface area (Å²) < 4.78 is 48.9. The SMILES string of the molecule is CN(CC(F)(F)F)C(=O)c1cccnc1F. The highest BCUT2D eigenvalue weighted by molar-refractivity contribution is 5.93. The van der Waals surface area contributed by atoms with Gasteiger partial charge in [-0.15, -0.1) is 0 Å². The molecule has 1 rings (SSSR count). The number of halogens is 4. The Kier molecular flexibility index (Phi) is 3.46. The summed E-state index contributed by atoms with van der Waals surface area (Å²) in [5.41, 5.74) is -0.478. The van der Waals surface area contributed by atoms with Gasteiger partial charge in [-0.1, -0.05) is 0 Å². The largest absolute Gasteiger partial charge is 0.406 e. The van der Waals surface area contributed by atoms with Crippen molar-refractivity contribution in [2.75, 3.05) is 13.6 Å². The molecule has 0 radical (unpaired) electrons. The highest BCUT2D eigenvalue weighted by Gasteiger charge is 2.32. The zero-order valence-electron chi connectivity index (χ0n) is 8.25. The molecule has 0 fully saturated rings. The summed E-state index contributed by atoms with van der Waals surface area (Å²) >= 11 is 0. The molecular weight excluding hydrogens is 228 g/mol. The van der Waals surface area contributed by atoms with E-state index in [-0.39, 0.29) is 0 Å². The Hall–Kier alpha value is -1.66. The van der Waals surface area contributed by atoms with Gasteiger partial charge in [0.25, 0.3) is 5.91 Å². The van der Waals surface area contributed by atoms with E-state index in [2.05, 4.69) is 4.98 Å². The topological polar surface area (TPSA) is 33.2 Å². The molecule has 7 heteroatoms. The second-order valence-electron chi connectivity index (χ2n) is 3.12. The molecule has 0 aliphatic heterocycles. The van der Waals surface area contributed by atoms with Gasteiger partial charge in [0.2, 0.25) is 5.95 Å². The number of alkyl halides is 3. The van der Waals surface area contributed by atoms with Crippen LogP contribution in [0.1, 0.15) is 10.4 Å². The van der Waals surface area contributed by atoms with Crippen LogP contribution >= 0.6 is 0 Å². The van der Waals surface area contributed by atoms with Gasteiger partial charge in [0.15, 0.2) is 0 Å². The summed E-state index contributed by atoms with van der Waals surface area (Å²) in [4.78, 5) is 15.0. The van der Waals surface area contributed by atoms with Crippen LogP contribution in [0.15, 0.2) is 18.3 Å². The molecule has 1 aromatic rings. The maximum atomic E-state index is 13.0. The minimum absolute atomic E-state index is 0.389. The maximum Gasteiger partial charge on any atom is 0.406 e. The Bertz CT molecular complexity index is 391. The summed E-state index contributed by atoms with van der Waals surface area (Å²) in [5, 5.41) is 0. The Morgan fingerprint density at radius 3 is 2.62 bits per heavy atom. The van der Waals surface area contributed by atoms with Crippen LogP contribution in [0.5, 0.6) is 0 Å². The van der Waals surface area contributed by atoms with Crippen molar-refractivity contribution in [3.8, 4) is 0 Å². The van der Waals surface area contributed by atoms with Gasteiger partial charge < -0.3 is 4.90 Å². The van der Waals surface area contributed by atoms with Gasteiger partial charge in [0.1, 0.15) is 6.54 Å². The first-order valence-electron chi connectivity index (χ1n) is 4.24.